The van der Waals surface area contributed by atoms with Crippen LogP contribution in [0.15, 0.2) is 97.1 Å². The Bertz CT molecular complexity index is 3220. The normalized spacial score (nSPS) is 11.8. The molecule has 0 spiro atoms. The summed E-state index contributed by atoms with van der Waals surface area (Å²) in [6, 6.07) is 32.9. The number of thiophene rings is 3. The number of hydrogen-bond acceptors (Lipinski definition) is 11. The van der Waals surface area contributed by atoms with E-state index in [9.17, 15) is 4.79 Å². The SMILES string of the molecule is CCCOc1cc(/C=C/c2ccc(/C=C/c3cc(OCCC)c(/C=C/c4ccc(/C=C/c5cc(OCCC)c(/C=C/c6ccc(/C=C/c7ccc(OC)cc7)s6)cc5OCCC)s4)cc3OCCC)s2)c(OCCC)cc1C=O. The van der Waals surface area contributed by atoms with E-state index in [4.69, 9.17) is 33.2 Å². The number of ether oxygens (including phenoxy) is 7. The Morgan fingerprint density at radius 1 is 0.316 bits per heavy atom. The van der Waals surface area contributed by atoms with Crippen LogP contribution in [0.5, 0.6) is 40.2 Å². The Kier molecular flexibility index (Phi) is 24.0. The van der Waals surface area contributed by atoms with Crippen molar-refractivity contribution >= 4 is 113 Å². The topological polar surface area (TPSA) is 81.7 Å². The standard InChI is InChI=1S/C68H74O8S3/c1-8-36-71-63-43-51(64(72-37-9-2)42-50(63)17-25-58-31-30-57(77-58)24-16-49-14-22-56(70-7)23-15-49)18-26-59-32-33-60(78-59)27-19-52-44-66(74-39-11-4)53(45-65(52)73-38-10-3)20-28-61-34-35-62(79-61)29-21-54-46-68(76-41-13-6)55(48-69)47-67(54)75-40-12-5/h14-35,42-48H,8-13,36-41H2,1-7H3/b24-16+,25-17+,26-18+,27-19+,28-20+,29-21+. The van der Waals surface area contributed by atoms with Crippen molar-refractivity contribution in [3.63, 3.8) is 0 Å². The highest BCUT2D eigenvalue weighted by Gasteiger charge is 2.14. The Balaban J connectivity index is 1.08. The minimum Gasteiger partial charge on any atom is -0.497 e. The van der Waals surface area contributed by atoms with Gasteiger partial charge in [0, 0.05) is 57.1 Å². The molecule has 7 rings (SSSR count). The summed E-state index contributed by atoms with van der Waals surface area (Å²) in [5, 5.41) is 0. The average Bonchev–Trinajstić information content (AvgIpc) is 4.29. The van der Waals surface area contributed by atoms with E-state index in [0.717, 1.165) is 131 Å². The van der Waals surface area contributed by atoms with Gasteiger partial charge in [0.1, 0.15) is 40.2 Å². The van der Waals surface area contributed by atoms with Gasteiger partial charge in [-0.1, -0.05) is 59.8 Å². The van der Waals surface area contributed by atoms with Crippen LogP contribution in [0.2, 0.25) is 0 Å². The second-order valence-electron chi connectivity index (χ2n) is 18.5. The fraction of sp³-hybridized carbons (Fsp3) is 0.279. The lowest BCUT2D eigenvalue weighted by Gasteiger charge is -2.14. The first kappa shape index (κ1) is 59.4. The van der Waals surface area contributed by atoms with Crippen LogP contribution in [0.25, 0.3) is 72.9 Å². The van der Waals surface area contributed by atoms with E-state index >= 15 is 0 Å². The van der Waals surface area contributed by atoms with Crippen LogP contribution in [0.1, 0.15) is 153 Å². The monoisotopic (exact) mass is 1110 g/mol. The largest absolute Gasteiger partial charge is 0.497 e. The highest BCUT2D eigenvalue weighted by atomic mass is 32.1. The molecule has 7 aromatic rings. The molecule has 0 amide bonds. The maximum Gasteiger partial charge on any atom is 0.153 e. The fourth-order valence-electron chi connectivity index (χ4n) is 7.94. The molecule has 412 valence electrons. The summed E-state index contributed by atoms with van der Waals surface area (Å²) in [4.78, 5) is 18.6. The molecule has 8 nitrogen and oxygen atoms in total. The predicted molar refractivity (Wildman–Crippen MR) is 339 cm³/mol. The van der Waals surface area contributed by atoms with Crippen molar-refractivity contribution < 1.29 is 38.0 Å². The van der Waals surface area contributed by atoms with Gasteiger partial charge in [0.05, 0.1) is 52.3 Å². The van der Waals surface area contributed by atoms with Crippen LogP contribution >= 0.6 is 34.0 Å². The summed E-state index contributed by atoms with van der Waals surface area (Å²) in [5.41, 5.74) is 6.29. The van der Waals surface area contributed by atoms with Gasteiger partial charge in [-0.3, -0.25) is 4.79 Å². The highest BCUT2D eigenvalue weighted by Crippen LogP contribution is 2.37. The van der Waals surface area contributed by atoms with Crippen molar-refractivity contribution in [2.24, 2.45) is 0 Å². The third-order valence-corrected chi connectivity index (χ3v) is 15.0. The van der Waals surface area contributed by atoms with Crippen molar-refractivity contribution in [2.45, 2.75) is 80.1 Å². The summed E-state index contributed by atoms with van der Waals surface area (Å²) in [6.07, 6.45) is 31.5. The maximum absolute atomic E-state index is 11.9. The van der Waals surface area contributed by atoms with E-state index in [1.165, 1.54) is 4.88 Å². The Labute approximate surface area is 480 Å². The molecule has 0 radical (unpaired) electrons. The third-order valence-electron chi connectivity index (χ3n) is 12.0. The quantitative estimate of drug-likeness (QED) is 0.0386. The summed E-state index contributed by atoms with van der Waals surface area (Å²) in [7, 11) is 1.68. The van der Waals surface area contributed by atoms with Gasteiger partial charge in [-0.2, -0.15) is 0 Å². The molecule has 0 saturated heterocycles. The van der Waals surface area contributed by atoms with E-state index in [1.807, 2.05) is 31.2 Å². The molecule has 0 aliphatic carbocycles. The van der Waals surface area contributed by atoms with Gasteiger partial charge in [-0.15, -0.1) is 34.0 Å². The number of methoxy groups -OCH3 is 1. The zero-order chi connectivity index (χ0) is 55.6. The zero-order valence-electron chi connectivity index (χ0n) is 46.7. The number of aldehydes is 1. The summed E-state index contributed by atoms with van der Waals surface area (Å²) in [5.74, 6) is 5.31. The molecule has 3 heterocycles. The van der Waals surface area contributed by atoms with Gasteiger partial charge in [0.15, 0.2) is 6.29 Å². The van der Waals surface area contributed by atoms with Gasteiger partial charge in [-0.05, 0) is 196 Å². The van der Waals surface area contributed by atoms with Crippen LogP contribution in [-0.2, 0) is 0 Å². The summed E-state index contributed by atoms with van der Waals surface area (Å²) >= 11 is 5.13. The maximum atomic E-state index is 11.9. The molecule has 0 fully saturated rings. The third kappa shape index (κ3) is 18.1. The average molecular weight is 1120 g/mol. The lowest BCUT2D eigenvalue weighted by atomic mass is 10.1. The van der Waals surface area contributed by atoms with E-state index < -0.39 is 0 Å². The van der Waals surface area contributed by atoms with Crippen molar-refractivity contribution in [1.82, 2.24) is 0 Å². The van der Waals surface area contributed by atoms with Crippen molar-refractivity contribution in [3.8, 4) is 40.2 Å². The number of benzene rings is 4. The molecular weight excluding hydrogens is 1040 g/mol. The second kappa shape index (κ2) is 31.9. The summed E-state index contributed by atoms with van der Waals surface area (Å²) in [6.45, 7) is 16.1. The van der Waals surface area contributed by atoms with Crippen molar-refractivity contribution in [3.05, 3.63) is 165 Å². The minimum atomic E-state index is 0.485. The Morgan fingerprint density at radius 2 is 0.557 bits per heavy atom. The van der Waals surface area contributed by atoms with E-state index in [2.05, 4.69) is 174 Å². The first-order valence-corrected chi connectivity index (χ1v) is 30.0. The zero-order valence-corrected chi connectivity index (χ0v) is 49.2. The summed E-state index contributed by atoms with van der Waals surface area (Å²) < 4.78 is 42.8. The lowest BCUT2D eigenvalue weighted by Crippen LogP contribution is -2.02. The molecule has 0 N–H and O–H groups in total. The Morgan fingerprint density at radius 3 is 0.797 bits per heavy atom. The molecule has 3 aromatic heterocycles. The highest BCUT2D eigenvalue weighted by molar-refractivity contribution is 7.14. The number of carbonyl (C=O) groups excluding carboxylic acids is 1. The van der Waals surface area contributed by atoms with Crippen molar-refractivity contribution in [2.75, 3.05) is 46.8 Å². The number of hydrogen-bond donors (Lipinski definition) is 0. The van der Waals surface area contributed by atoms with E-state index in [1.54, 1.807) is 47.2 Å². The molecule has 0 bridgehead atoms. The van der Waals surface area contributed by atoms with Crippen LogP contribution in [0, 0.1) is 0 Å². The predicted octanol–water partition coefficient (Wildman–Crippen LogP) is 19.4. The van der Waals surface area contributed by atoms with Gasteiger partial charge in [-0.25, -0.2) is 0 Å². The molecule has 79 heavy (non-hydrogen) atoms. The minimum absolute atomic E-state index is 0.485. The molecule has 11 heteroatoms. The van der Waals surface area contributed by atoms with Gasteiger partial charge in [0.2, 0.25) is 0 Å². The molecule has 0 atom stereocenters. The first-order chi connectivity index (χ1) is 38.8. The molecular formula is C68H74O8S3. The number of carbonyl (C=O) groups is 1. The van der Waals surface area contributed by atoms with Gasteiger partial charge in [0.25, 0.3) is 0 Å². The van der Waals surface area contributed by atoms with E-state index in [0.29, 0.717) is 56.7 Å². The van der Waals surface area contributed by atoms with Crippen LogP contribution in [0.3, 0.4) is 0 Å². The lowest BCUT2D eigenvalue weighted by molar-refractivity contribution is 0.111. The van der Waals surface area contributed by atoms with E-state index in [-0.39, 0.29) is 0 Å². The van der Waals surface area contributed by atoms with Crippen LogP contribution in [-0.4, -0.2) is 53.0 Å². The Hall–Kier alpha value is -7.31. The van der Waals surface area contributed by atoms with Crippen molar-refractivity contribution in [1.29, 1.82) is 0 Å². The van der Waals surface area contributed by atoms with Crippen LogP contribution in [0.4, 0.5) is 0 Å². The van der Waals surface area contributed by atoms with Gasteiger partial charge < -0.3 is 33.2 Å². The molecule has 0 aliphatic heterocycles. The molecule has 0 saturated carbocycles. The fourth-order valence-corrected chi connectivity index (χ4v) is 10.4. The van der Waals surface area contributed by atoms with Gasteiger partial charge >= 0.3 is 0 Å². The molecule has 0 unspecified atom stereocenters. The molecule has 4 aromatic carbocycles. The second-order valence-corrected chi connectivity index (χ2v) is 21.9. The molecule has 0 aliphatic rings. The number of rotatable bonds is 32. The first-order valence-electron chi connectivity index (χ1n) is 27.5. The van der Waals surface area contributed by atoms with Crippen LogP contribution < -0.4 is 33.2 Å². The smallest absolute Gasteiger partial charge is 0.153 e.